The topological polar surface area (TPSA) is 78.5 Å². The maximum Gasteiger partial charge on any atom is 0.250 e. The van der Waals surface area contributed by atoms with Gasteiger partial charge in [-0.1, -0.05) is 30.3 Å². The molecule has 3 aromatic rings. The fourth-order valence-electron chi connectivity index (χ4n) is 4.12. The van der Waals surface area contributed by atoms with Crippen LogP contribution in [-0.4, -0.2) is 36.9 Å². The number of nitrogens with zero attached hydrogens (tertiary/aromatic N) is 1. The summed E-state index contributed by atoms with van der Waals surface area (Å²) in [6.07, 6.45) is -0.347. The summed E-state index contributed by atoms with van der Waals surface area (Å²) >= 11 is 1.26. The average molecular weight is 528 g/mol. The normalized spacial score (nSPS) is 18.0. The van der Waals surface area contributed by atoms with E-state index in [9.17, 15) is 27.6 Å². The molecule has 3 aromatic carbocycles. The molecule has 0 aliphatic carbocycles. The van der Waals surface area contributed by atoms with Crippen molar-refractivity contribution in [3.05, 3.63) is 95.3 Å². The van der Waals surface area contributed by atoms with E-state index in [1.54, 1.807) is 31.3 Å². The minimum atomic E-state index is -1.15. The van der Waals surface area contributed by atoms with Gasteiger partial charge in [-0.3, -0.25) is 14.4 Å². The number of fused-ring (bicyclic) bond motifs is 1. The molecule has 0 saturated heterocycles. The van der Waals surface area contributed by atoms with Gasteiger partial charge in [0.15, 0.2) is 0 Å². The quantitative estimate of drug-likeness (QED) is 0.505. The predicted octanol–water partition coefficient (Wildman–Crippen LogP) is 4.15. The maximum absolute atomic E-state index is 14.9. The first-order valence-electron chi connectivity index (χ1n) is 11.5. The molecule has 4 rings (SSSR count). The van der Waals surface area contributed by atoms with Gasteiger partial charge in [-0.2, -0.15) is 0 Å². The van der Waals surface area contributed by atoms with E-state index in [4.69, 9.17) is 0 Å². The second kappa shape index (κ2) is 11.1. The number of thioether (sulfide) groups is 1. The number of nitrogens with one attached hydrogen (secondary N) is 2. The van der Waals surface area contributed by atoms with E-state index in [2.05, 4.69) is 10.6 Å². The second-order valence-corrected chi connectivity index (χ2v) is 9.84. The highest BCUT2D eigenvalue weighted by molar-refractivity contribution is 7.99. The van der Waals surface area contributed by atoms with E-state index in [1.807, 2.05) is 12.1 Å². The van der Waals surface area contributed by atoms with Crippen molar-refractivity contribution in [3.63, 3.8) is 0 Å². The van der Waals surface area contributed by atoms with Gasteiger partial charge in [0.05, 0.1) is 17.4 Å². The minimum Gasteiger partial charge on any atom is -0.344 e. The van der Waals surface area contributed by atoms with Crippen LogP contribution in [0.1, 0.15) is 23.3 Å². The molecule has 1 heterocycles. The molecule has 1 aliphatic rings. The number of likely N-dealkylation sites (N-methyl/N-ethyl adjacent to an activating group) is 1. The lowest BCUT2D eigenvalue weighted by Gasteiger charge is -2.28. The van der Waals surface area contributed by atoms with Crippen LogP contribution in [0.4, 0.5) is 18.9 Å². The number of benzene rings is 3. The number of anilines is 1. The molecule has 10 heteroatoms. The highest BCUT2D eigenvalue weighted by Gasteiger charge is 2.39. The van der Waals surface area contributed by atoms with Crippen molar-refractivity contribution >= 4 is 35.2 Å². The number of carbonyl (C=O) groups is 3. The zero-order chi connectivity index (χ0) is 26.7. The molecule has 0 bridgehead atoms. The lowest BCUT2D eigenvalue weighted by atomic mass is 10.0. The standard InChI is InChI=1S/C27H24F3N3O3S/c1-15(31-23(34)13-16-11-17(28)14-18(29)12-16)26(35)32-24-25(19-7-3-4-8-20(19)30)37-22-10-6-5-9-21(22)33(2)27(24)36/h3-12,14-15,24-25H,13H2,1-2H3,(H,31,34)(H,32,35)/t15-,24-,25+/m0/s1. The third-order valence-electron chi connectivity index (χ3n) is 5.95. The Morgan fingerprint density at radius 1 is 1.00 bits per heavy atom. The van der Waals surface area contributed by atoms with Crippen LogP contribution in [0, 0.1) is 17.5 Å². The molecule has 0 fully saturated rings. The number of carbonyl (C=O) groups excluding carboxylic acids is 3. The molecule has 6 nitrogen and oxygen atoms in total. The summed E-state index contributed by atoms with van der Waals surface area (Å²) in [4.78, 5) is 41.2. The van der Waals surface area contributed by atoms with E-state index >= 15 is 0 Å². The number of hydrogen-bond acceptors (Lipinski definition) is 4. The third kappa shape index (κ3) is 5.96. The Hall–Kier alpha value is -3.79. The zero-order valence-electron chi connectivity index (χ0n) is 20.0. The van der Waals surface area contributed by atoms with Crippen LogP contribution >= 0.6 is 11.8 Å². The van der Waals surface area contributed by atoms with Gasteiger partial charge in [0, 0.05) is 23.6 Å². The number of hydrogen-bond donors (Lipinski definition) is 2. The average Bonchev–Trinajstić information content (AvgIpc) is 2.94. The van der Waals surface area contributed by atoms with Gasteiger partial charge in [0.25, 0.3) is 5.91 Å². The third-order valence-corrected chi connectivity index (χ3v) is 7.33. The van der Waals surface area contributed by atoms with Gasteiger partial charge in [0.1, 0.15) is 29.5 Å². The molecule has 37 heavy (non-hydrogen) atoms. The van der Waals surface area contributed by atoms with Crippen LogP contribution < -0.4 is 15.5 Å². The largest absolute Gasteiger partial charge is 0.344 e. The van der Waals surface area contributed by atoms with Crippen molar-refractivity contribution in [3.8, 4) is 0 Å². The lowest BCUT2D eigenvalue weighted by molar-refractivity contribution is -0.130. The maximum atomic E-state index is 14.9. The SMILES string of the molecule is C[C@H](NC(=O)Cc1cc(F)cc(F)c1)C(=O)N[C@@H]1C(=O)N(C)c2ccccc2S[C@@H]1c1ccccc1F. The fourth-order valence-corrected chi connectivity index (χ4v) is 5.51. The summed E-state index contributed by atoms with van der Waals surface area (Å²) in [5.74, 6) is -3.90. The molecule has 0 spiro atoms. The summed E-state index contributed by atoms with van der Waals surface area (Å²) in [5, 5.41) is 4.37. The molecule has 0 unspecified atom stereocenters. The Balaban J connectivity index is 1.55. The smallest absolute Gasteiger partial charge is 0.250 e. The van der Waals surface area contributed by atoms with Crippen molar-refractivity contribution in [2.24, 2.45) is 0 Å². The first-order chi connectivity index (χ1) is 17.6. The van der Waals surface area contributed by atoms with Crippen molar-refractivity contribution in [2.45, 2.75) is 35.6 Å². The summed E-state index contributed by atoms with van der Waals surface area (Å²) in [7, 11) is 1.58. The van der Waals surface area contributed by atoms with Gasteiger partial charge in [-0.05, 0) is 42.8 Å². The highest BCUT2D eigenvalue weighted by atomic mass is 32.2. The van der Waals surface area contributed by atoms with E-state index in [0.717, 1.165) is 17.0 Å². The molecule has 0 saturated carbocycles. The van der Waals surface area contributed by atoms with Crippen LogP contribution in [0.15, 0.2) is 71.6 Å². The van der Waals surface area contributed by atoms with Gasteiger partial charge < -0.3 is 15.5 Å². The number of rotatable bonds is 6. The van der Waals surface area contributed by atoms with Crippen molar-refractivity contribution in [1.82, 2.24) is 10.6 Å². The summed E-state index contributed by atoms with van der Waals surface area (Å²) in [6, 6.07) is 13.7. The number of amides is 3. The van der Waals surface area contributed by atoms with Crippen LogP contribution in [0.3, 0.4) is 0 Å². The van der Waals surface area contributed by atoms with Crippen LogP contribution in [0.25, 0.3) is 0 Å². The molecule has 192 valence electrons. The molecule has 0 radical (unpaired) electrons. The Bertz CT molecular complexity index is 1330. The molecule has 2 N–H and O–H groups in total. The van der Waals surface area contributed by atoms with Gasteiger partial charge >= 0.3 is 0 Å². The van der Waals surface area contributed by atoms with Crippen LogP contribution in [0.2, 0.25) is 0 Å². The number of para-hydroxylation sites is 1. The van der Waals surface area contributed by atoms with Crippen molar-refractivity contribution in [2.75, 3.05) is 11.9 Å². The van der Waals surface area contributed by atoms with E-state index < -0.39 is 52.5 Å². The highest BCUT2D eigenvalue weighted by Crippen LogP contribution is 2.45. The van der Waals surface area contributed by atoms with Crippen LogP contribution in [-0.2, 0) is 20.8 Å². The first kappa shape index (κ1) is 26.3. The first-order valence-corrected chi connectivity index (χ1v) is 12.3. The van der Waals surface area contributed by atoms with Crippen molar-refractivity contribution in [1.29, 1.82) is 0 Å². The Labute approximate surface area is 216 Å². The Kier molecular flexibility index (Phi) is 7.87. The summed E-state index contributed by atoms with van der Waals surface area (Å²) in [5.41, 5.74) is 0.984. The van der Waals surface area contributed by atoms with Crippen molar-refractivity contribution < 1.29 is 27.6 Å². The molecule has 3 atom stereocenters. The van der Waals surface area contributed by atoms with Gasteiger partial charge in [-0.15, -0.1) is 11.8 Å². The summed E-state index contributed by atoms with van der Waals surface area (Å²) < 4.78 is 41.7. The molecular formula is C27H24F3N3O3S. The predicted molar refractivity (Wildman–Crippen MR) is 134 cm³/mol. The van der Waals surface area contributed by atoms with Gasteiger partial charge in [-0.25, -0.2) is 13.2 Å². The monoisotopic (exact) mass is 527 g/mol. The van der Waals surface area contributed by atoms with Crippen LogP contribution in [0.5, 0.6) is 0 Å². The molecule has 1 aliphatic heterocycles. The Morgan fingerprint density at radius 3 is 2.35 bits per heavy atom. The fraction of sp³-hybridized carbons (Fsp3) is 0.222. The number of halogens is 3. The van der Waals surface area contributed by atoms with E-state index in [-0.39, 0.29) is 17.5 Å². The minimum absolute atomic E-state index is 0.108. The van der Waals surface area contributed by atoms with Gasteiger partial charge in [0.2, 0.25) is 11.8 Å². The lowest BCUT2D eigenvalue weighted by Crippen LogP contribution is -2.54. The molecule has 0 aromatic heterocycles. The van der Waals surface area contributed by atoms with E-state index in [0.29, 0.717) is 11.8 Å². The second-order valence-electron chi connectivity index (χ2n) is 8.65. The molecular weight excluding hydrogens is 503 g/mol. The summed E-state index contributed by atoms with van der Waals surface area (Å²) in [6.45, 7) is 1.42. The molecule has 3 amide bonds. The van der Waals surface area contributed by atoms with E-state index in [1.165, 1.54) is 35.7 Å². The zero-order valence-corrected chi connectivity index (χ0v) is 20.8. The Morgan fingerprint density at radius 2 is 1.65 bits per heavy atom.